The van der Waals surface area contributed by atoms with E-state index in [-0.39, 0.29) is 15.4 Å². The molecule has 0 amide bonds. The van der Waals surface area contributed by atoms with Crippen LogP contribution in [0.5, 0.6) is 0 Å². The zero-order valence-electron chi connectivity index (χ0n) is 10.1. The third kappa shape index (κ3) is 4.22. The van der Waals surface area contributed by atoms with Gasteiger partial charge in [0, 0.05) is 11.8 Å². The fourth-order valence-corrected chi connectivity index (χ4v) is 3.77. The van der Waals surface area contributed by atoms with Gasteiger partial charge in [-0.1, -0.05) is 6.92 Å². The Labute approximate surface area is 120 Å². The van der Waals surface area contributed by atoms with Crippen LogP contribution in [0.3, 0.4) is 0 Å². The Hall–Kier alpha value is -0.110. The van der Waals surface area contributed by atoms with Gasteiger partial charge < -0.3 is 0 Å². The molecule has 0 fully saturated rings. The number of thioether (sulfide) groups is 1. The van der Waals surface area contributed by atoms with Gasteiger partial charge in [-0.25, -0.2) is 17.5 Å². The van der Waals surface area contributed by atoms with Crippen molar-refractivity contribution in [2.75, 3.05) is 12.0 Å². The van der Waals surface area contributed by atoms with Crippen LogP contribution in [0.25, 0.3) is 0 Å². The number of hydrogen-bond donors (Lipinski definition) is 1. The summed E-state index contributed by atoms with van der Waals surface area (Å²) in [5.74, 6) is 0.102. The highest BCUT2D eigenvalue weighted by molar-refractivity contribution is 9.10. The van der Waals surface area contributed by atoms with Gasteiger partial charge in [-0.2, -0.15) is 11.8 Å². The molecule has 1 atom stereocenters. The Balaban J connectivity index is 2.95. The summed E-state index contributed by atoms with van der Waals surface area (Å²) in [4.78, 5) is -0.0530. The van der Waals surface area contributed by atoms with Crippen molar-refractivity contribution in [2.45, 2.75) is 24.3 Å². The molecule has 0 aliphatic heterocycles. The van der Waals surface area contributed by atoms with E-state index < -0.39 is 15.8 Å². The summed E-state index contributed by atoms with van der Waals surface area (Å²) in [5, 5.41) is 0. The summed E-state index contributed by atoms with van der Waals surface area (Å²) in [6.07, 6.45) is 2.61. The van der Waals surface area contributed by atoms with E-state index in [1.165, 1.54) is 12.1 Å². The molecule has 7 heteroatoms. The second kappa shape index (κ2) is 6.88. The Kier molecular flexibility index (Phi) is 6.10. The van der Waals surface area contributed by atoms with E-state index in [2.05, 4.69) is 20.7 Å². The molecular weight excluding hydrogens is 341 g/mol. The van der Waals surface area contributed by atoms with Crippen molar-refractivity contribution in [1.82, 2.24) is 4.72 Å². The first-order valence-electron chi connectivity index (χ1n) is 5.37. The van der Waals surface area contributed by atoms with E-state index in [1.54, 1.807) is 11.8 Å². The van der Waals surface area contributed by atoms with Crippen LogP contribution in [0.2, 0.25) is 0 Å². The van der Waals surface area contributed by atoms with Gasteiger partial charge >= 0.3 is 0 Å². The maximum atomic E-state index is 13.3. The quantitative estimate of drug-likeness (QED) is 0.852. The first-order chi connectivity index (χ1) is 8.40. The maximum Gasteiger partial charge on any atom is 0.240 e. The Morgan fingerprint density at radius 1 is 1.50 bits per heavy atom. The highest BCUT2D eigenvalue weighted by Crippen LogP contribution is 2.19. The van der Waals surface area contributed by atoms with Crippen LogP contribution in [0, 0.1) is 5.82 Å². The van der Waals surface area contributed by atoms with Crippen molar-refractivity contribution >= 4 is 37.7 Å². The average Bonchev–Trinajstić information content (AvgIpc) is 2.31. The molecule has 3 nitrogen and oxygen atoms in total. The summed E-state index contributed by atoms with van der Waals surface area (Å²) in [5.41, 5.74) is 0. The van der Waals surface area contributed by atoms with Crippen LogP contribution in [-0.2, 0) is 10.0 Å². The van der Waals surface area contributed by atoms with Crippen molar-refractivity contribution in [2.24, 2.45) is 0 Å². The van der Waals surface area contributed by atoms with Gasteiger partial charge in [-0.3, -0.25) is 0 Å². The van der Waals surface area contributed by atoms with Crippen molar-refractivity contribution in [3.8, 4) is 0 Å². The number of sulfonamides is 1. The van der Waals surface area contributed by atoms with E-state index in [4.69, 9.17) is 0 Å². The van der Waals surface area contributed by atoms with Gasteiger partial charge in [0.25, 0.3) is 0 Å². The zero-order chi connectivity index (χ0) is 13.8. The number of hydrogen-bond acceptors (Lipinski definition) is 3. The molecule has 102 valence electrons. The second-order valence-electron chi connectivity index (χ2n) is 3.76. The van der Waals surface area contributed by atoms with Gasteiger partial charge in [-0.15, -0.1) is 0 Å². The molecule has 0 bridgehead atoms. The summed E-state index contributed by atoms with van der Waals surface area (Å²) < 4.78 is 40.2. The summed E-state index contributed by atoms with van der Waals surface area (Å²) in [6, 6.07) is 3.63. The van der Waals surface area contributed by atoms with Crippen LogP contribution in [0.1, 0.15) is 13.3 Å². The number of nitrogens with one attached hydrogen (secondary N) is 1. The van der Waals surface area contributed by atoms with Gasteiger partial charge in [0.15, 0.2) is 0 Å². The summed E-state index contributed by atoms with van der Waals surface area (Å²) in [7, 11) is -3.66. The highest BCUT2D eigenvalue weighted by Gasteiger charge is 2.19. The van der Waals surface area contributed by atoms with Crippen molar-refractivity contribution in [3.63, 3.8) is 0 Å². The van der Waals surface area contributed by atoms with E-state index >= 15 is 0 Å². The normalized spacial score (nSPS) is 13.6. The fourth-order valence-electron chi connectivity index (χ4n) is 1.37. The van der Waals surface area contributed by atoms with Gasteiger partial charge in [0.05, 0.1) is 9.37 Å². The average molecular weight is 356 g/mol. The molecule has 0 aliphatic carbocycles. The molecule has 1 rings (SSSR count). The number of rotatable bonds is 6. The lowest BCUT2D eigenvalue weighted by atomic mass is 10.3. The van der Waals surface area contributed by atoms with Crippen LogP contribution < -0.4 is 4.72 Å². The molecule has 1 aromatic rings. The second-order valence-corrected chi connectivity index (χ2v) is 7.24. The summed E-state index contributed by atoms with van der Waals surface area (Å²) >= 11 is 4.56. The fraction of sp³-hybridized carbons (Fsp3) is 0.455. The molecule has 0 heterocycles. The molecular formula is C11H15BrFNO2S2. The van der Waals surface area contributed by atoms with E-state index in [0.717, 1.165) is 6.07 Å². The zero-order valence-corrected chi connectivity index (χ0v) is 13.3. The molecule has 0 aliphatic rings. The van der Waals surface area contributed by atoms with Crippen LogP contribution in [0.15, 0.2) is 27.6 Å². The Morgan fingerprint density at radius 3 is 2.67 bits per heavy atom. The minimum atomic E-state index is -3.66. The first kappa shape index (κ1) is 15.9. The minimum absolute atomic E-state index is 0.0530. The smallest absolute Gasteiger partial charge is 0.207 e. The van der Waals surface area contributed by atoms with Crippen LogP contribution in [-0.4, -0.2) is 26.5 Å². The number of halogens is 2. The van der Waals surface area contributed by atoms with Crippen LogP contribution >= 0.6 is 27.7 Å². The lowest BCUT2D eigenvalue weighted by molar-refractivity contribution is 0.555. The highest BCUT2D eigenvalue weighted by atomic mass is 79.9. The lowest BCUT2D eigenvalue weighted by Crippen LogP contribution is -2.36. The minimum Gasteiger partial charge on any atom is -0.207 e. The van der Waals surface area contributed by atoms with Crippen molar-refractivity contribution < 1.29 is 12.8 Å². The van der Waals surface area contributed by atoms with Crippen molar-refractivity contribution in [1.29, 1.82) is 0 Å². The van der Waals surface area contributed by atoms with Gasteiger partial charge in [-0.05, 0) is 46.8 Å². The van der Waals surface area contributed by atoms with Gasteiger partial charge in [0.2, 0.25) is 10.0 Å². The van der Waals surface area contributed by atoms with E-state index in [9.17, 15) is 12.8 Å². The molecule has 1 unspecified atom stereocenters. The molecule has 1 N–H and O–H groups in total. The van der Waals surface area contributed by atoms with Crippen molar-refractivity contribution in [3.05, 3.63) is 28.5 Å². The van der Waals surface area contributed by atoms with E-state index in [1.807, 2.05) is 13.2 Å². The predicted molar refractivity (Wildman–Crippen MR) is 76.9 cm³/mol. The summed E-state index contributed by atoms with van der Waals surface area (Å²) in [6.45, 7) is 1.91. The predicted octanol–water partition coefficient (Wildman–Crippen LogP) is 3.01. The van der Waals surface area contributed by atoms with Gasteiger partial charge in [0.1, 0.15) is 5.82 Å². The standard InChI is InChI=1S/C11H15BrFNO2S2/c1-3-8(7-17-2)14-18(15,16)9-4-5-10(12)11(13)6-9/h4-6,8,14H,3,7H2,1-2H3. The molecule has 0 spiro atoms. The molecule has 0 radical (unpaired) electrons. The molecule has 0 saturated carbocycles. The maximum absolute atomic E-state index is 13.3. The SMILES string of the molecule is CCC(CSC)NS(=O)(=O)c1ccc(Br)c(F)c1. The van der Waals surface area contributed by atoms with Crippen LogP contribution in [0.4, 0.5) is 4.39 Å². The topological polar surface area (TPSA) is 46.2 Å². The first-order valence-corrected chi connectivity index (χ1v) is 9.04. The Bertz CT molecular complexity index is 508. The molecule has 1 aromatic carbocycles. The Morgan fingerprint density at radius 2 is 2.17 bits per heavy atom. The third-order valence-corrected chi connectivity index (χ3v) is 5.28. The number of benzene rings is 1. The monoisotopic (exact) mass is 355 g/mol. The third-order valence-electron chi connectivity index (χ3n) is 2.38. The largest absolute Gasteiger partial charge is 0.240 e. The lowest BCUT2D eigenvalue weighted by Gasteiger charge is -2.16. The molecule has 0 aromatic heterocycles. The molecule has 18 heavy (non-hydrogen) atoms. The van der Waals surface area contributed by atoms with E-state index in [0.29, 0.717) is 12.2 Å². The molecule has 0 saturated heterocycles.